The average Bonchev–Trinajstić information content (AvgIpc) is 2.66. The Bertz CT molecular complexity index is 742. The SMILES string of the molecule is Cc1cccc(/C=C2/Oc3cc(O)cc(C)c3C2=O)c1. The molecule has 2 aromatic rings. The number of fused-ring (bicyclic) bond motifs is 1. The number of hydrogen-bond donors (Lipinski definition) is 1. The smallest absolute Gasteiger partial charge is 0.232 e. The summed E-state index contributed by atoms with van der Waals surface area (Å²) in [5, 5.41) is 9.57. The Morgan fingerprint density at radius 3 is 2.70 bits per heavy atom. The Balaban J connectivity index is 2.04. The van der Waals surface area contributed by atoms with Crippen LogP contribution in [0.25, 0.3) is 6.08 Å². The maximum absolute atomic E-state index is 12.3. The van der Waals surface area contributed by atoms with E-state index in [4.69, 9.17) is 4.74 Å². The van der Waals surface area contributed by atoms with E-state index in [1.54, 1.807) is 19.1 Å². The first kappa shape index (κ1) is 12.5. The number of phenols is 1. The molecule has 0 amide bonds. The molecule has 1 aliphatic heterocycles. The van der Waals surface area contributed by atoms with Crippen molar-refractivity contribution in [2.24, 2.45) is 0 Å². The zero-order chi connectivity index (χ0) is 14.3. The highest BCUT2D eigenvalue weighted by Gasteiger charge is 2.29. The van der Waals surface area contributed by atoms with Crippen molar-refractivity contribution in [3.8, 4) is 11.5 Å². The van der Waals surface area contributed by atoms with Crippen molar-refractivity contribution in [1.29, 1.82) is 0 Å². The third-order valence-electron chi connectivity index (χ3n) is 3.29. The molecular formula is C17H14O3. The molecule has 0 radical (unpaired) electrons. The molecule has 0 atom stereocenters. The quantitative estimate of drug-likeness (QED) is 0.802. The first-order chi connectivity index (χ1) is 9.54. The lowest BCUT2D eigenvalue weighted by Crippen LogP contribution is -1.99. The molecule has 2 aromatic carbocycles. The van der Waals surface area contributed by atoms with Gasteiger partial charge in [0.2, 0.25) is 5.78 Å². The zero-order valence-electron chi connectivity index (χ0n) is 11.3. The number of phenolic OH excluding ortho intramolecular Hbond substituents is 1. The fourth-order valence-corrected chi connectivity index (χ4v) is 2.40. The van der Waals surface area contributed by atoms with Crippen molar-refractivity contribution in [2.75, 3.05) is 0 Å². The van der Waals surface area contributed by atoms with Crippen LogP contribution in [0, 0.1) is 13.8 Å². The molecule has 3 rings (SSSR count). The number of Topliss-reactive ketones (excluding diaryl/α,β-unsaturated/α-hetero) is 1. The van der Waals surface area contributed by atoms with Crippen molar-refractivity contribution >= 4 is 11.9 Å². The van der Waals surface area contributed by atoms with Crippen LogP contribution in [0.15, 0.2) is 42.2 Å². The Kier molecular flexibility index (Phi) is 2.83. The summed E-state index contributed by atoms with van der Waals surface area (Å²) in [6.07, 6.45) is 1.73. The fraction of sp³-hybridized carbons (Fsp3) is 0.118. The molecule has 1 heterocycles. The summed E-state index contributed by atoms with van der Waals surface area (Å²) in [5.41, 5.74) is 3.29. The normalized spacial score (nSPS) is 15.3. The summed E-state index contributed by atoms with van der Waals surface area (Å²) in [7, 11) is 0. The fourth-order valence-electron chi connectivity index (χ4n) is 2.40. The Labute approximate surface area is 117 Å². The minimum absolute atomic E-state index is 0.103. The molecule has 1 aliphatic rings. The highest BCUT2D eigenvalue weighted by atomic mass is 16.5. The van der Waals surface area contributed by atoms with Crippen LogP contribution >= 0.6 is 0 Å². The largest absolute Gasteiger partial charge is 0.508 e. The standard InChI is InChI=1S/C17H14O3/c1-10-4-3-5-12(6-10)8-15-17(19)16-11(2)7-13(18)9-14(16)20-15/h3-9,18H,1-2H3/b15-8+. The third-order valence-corrected chi connectivity index (χ3v) is 3.29. The van der Waals surface area contributed by atoms with Crippen LogP contribution in [0.2, 0.25) is 0 Å². The molecule has 0 bridgehead atoms. The molecule has 0 aromatic heterocycles. The molecule has 0 saturated heterocycles. The van der Waals surface area contributed by atoms with Crippen LogP contribution in [-0.4, -0.2) is 10.9 Å². The van der Waals surface area contributed by atoms with Crippen LogP contribution < -0.4 is 4.74 Å². The number of ketones is 1. The summed E-state index contributed by atoms with van der Waals surface area (Å²) in [5.74, 6) is 0.676. The van der Waals surface area contributed by atoms with Gasteiger partial charge in [-0.2, -0.15) is 0 Å². The zero-order valence-corrected chi connectivity index (χ0v) is 11.3. The molecule has 0 fully saturated rings. The maximum Gasteiger partial charge on any atom is 0.232 e. The van der Waals surface area contributed by atoms with Gasteiger partial charge in [0.1, 0.15) is 11.5 Å². The molecule has 0 spiro atoms. The third kappa shape index (κ3) is 2.07. The number of carbonyl (C=O) groups excluding carboxylic acids is 1. The summed E-state index contributed by atoms with van der Waals surface area (Å²) in [6.45, 7) is 3.78. The van der Waals surface area contributed by atoms with Gasteiger partial charge in [-0.15, -0.1) is 0 Å². The van der Waals surface area contributed by atoms with Crippen LogP contribution in [0.5, 0.6) is 11.5 Å². The van der Waals surface area contributed by atoms with Crippen LogP contribution in [0.4, 0.5) is 0 Å². The summed E-state index contributed by atoms with van der Waals surface area (Å²) in [4.78, 5) is 12.3. The predicted molar refractivity (Wildman–Crippen MR) is 77.0 cm³/mol. The molecule has 0 unspecified atom stereocenters. The molecule has 0 saturated carbocycles. The highest BCUT2D eigenvalue weighted by molar-refractivity contribution is 6.15. The number of benzene rings is 2. The molecule has 20 heavy (non-hydrogen) atoms. The van der Waals surface area contributed by atoms with Gasteiger partial charge in [-0.1, -0.05) is 29.8 Å². The molecule has 3 heteroatoms. The van der Waals surface area contributed by atoms with E-state index in [0.29, 0.717) is 17.1 Å². The van der Waals surface area contributed by atoms with Crippen molar-refractivity contribution < 1.29 is 14.6 Å². The lowest BCUT2D eigenvalue weighted by Gasteiger charge is -2.01. The van der Waals surface area contributed by atoms with Gasteiger partial charge < -0.3 is 9.84 Å². The van der Waals surface area contributed by atoms with Gasteiger partial charge in [0, 0.05) is 6.07 Å². The van der Waals surface area contributed by atoms with Gasteiger partial charge in [-0.3, -0.25) is 4.79 Å². The summed E-state index contributed by atoms with van der Waals surface area (Å²) in [6, 6.07) is 10.9. The van der Waals surface area contributed by atoms with Gasteiger partial charge >= 0.3 is 0 Å². The number of aromatic hydroxyl groups is 1. The van der Waals surface area contributed by atoms with Crippen LogP contribution in [0.3, 0.4) is 0 Å². The topological polar surface area (TPSA) is 46.5 Å². The van der Waals surface area contributed by atoms with Crippen LogP contribution in [0.1, 0.15) is 27.0 Å². The monoisotopic (exact) mass is 266 g/mol. The van der Waals surface area contributed by atoms with Gasteiger partial charge in [-0.25, -0.2) is 0 Å². The molecule has 1 N–H and O–H groups in total. The minimum Gasteiger partial charge on any atom is -0.508 e. The Hall–Kier alpha value is -2.55. The van der Waals surface area contributed by atoms with Crippen molar-refractivity contribution in [3.63, 3.8) is 0 Å². The molecule has 0 aliphatic carbocycles. The van der Waals surface area contributed by atoms with E-state index in [9.17, 15) is 9.90 Å². The second-order valence-corrected chi connectivity index (χ2v) is 4.99. The second-order valence-electron chi connectivity index (χ2n) is 4.99. The highest BCUT2D eigenvalue weighted by Crippen LogP contribution is 2.37. The lowest BCUT2D eigenvalue weighted by molar-refractivity contribution is 0.101. The number of aryl methyl sites for hydroxylation is 2. The average molecular weight is 266 g/mol. The van der Waals surface area contributed by atoms with Gasteiger partial charge in [-0.05, 0) is 37.1 Å². The first-order valence-corrected chi connectivity index (χ1v) is 6.39. The number of hydrogen-bond acceptors (Lipinski definition) is 3. The lowest BCUT2D eigenvalue weighted by atomic mass is 10.0. The van der Waals surface area contributed by atoms with E-state index < -0.39 is 0 Å². The molecule has 100 valence electrons. The number of rotatable bonds is 1. The molecule has 3 nitrogen and oxygen atoms in total. The number of allylic oxidation sites excluding steroid dienone is 1. The van der Waals surface area contributed by atoms with E-state index in [2.05, 4.69) is 0 Å². The van der Waals surface area contributed by atoms with Crippen molar-refractivity contribution in [1.82, 2.24) is 0 Å². The van der Waals surface area contributed by atoms with Crippen molar-refractivity contribution in [3.05, 3.63) is 64.4 Å². The van der Waals surface area contributed by atoms with E-state index in [0.717, 1.165) is 16.7 Å². The van der Waals surface area contributed by atoms with Gasteiger partial charge in [0.15, 0.2) is 5.76 Å². The van der Waals surface area contributed by atoms with Crippen molar-refractivity contribution in [2.45, 2.75) is 13.8 Å². The molecular weight excluding hydrogens is 252 g/mol. The first-order valence-electron chi connectivity index (χ1n) is 6.39. The van der Waals surface area contributed by atoms with E-state index in [1.165, 1.54) is 6.07 Å². The van der Waals surface area contributed by atoms with Gasteiger partial charge in [0.05, 0.1) is 5.56 Å². The van der Waals surface area contributed by atoms with E-state index in [1.807, 2.05) is 31.2 Å². The van der Waals surface area contributed by atoms with Crippen LogP contribution in [-0.2, 0) is 0 Å². The Morgan fingerprint density at radius 2 is 1.95 bits per heavy atom. The predicted octanol–water partition coefficient (Wildman–Crippen LogP) is 3.63. The minimum atomic E-state index is -0.140. The van der Waals surface area contributed by atoms with E-state index in [-0.39, 0.29) is 11.5 Å². The number of carbonyl (C=O) groups is 1. The van der Waals surface area contributed by atoms with Gasteiger partial charge in [0.25, 0.3) is 0 Å². The number of ether oxygens (including phenoxy) is 1. The second kappa shape index (κ2) is 4.53. The summed E-state index contributed by atoms with van der Waals surface area (Å²) >= 11 is 0. The maximum atomic E-state index is 12.3. The Morgan fingerprint density at radius 1 is 1.15 bits per heavy atom. The summed E-state index contributed by atoms with van der Waals surface area (Å²) < 4.78 is 5.58. The van der Waals surface area contributed by atoms with E-state index >= 15 is 0 Å².